The molecule has 29 heavy (non-hydrogen) atoms. The van der Waals surface area contributed by atoms with Gasteiger partial charge in [-0.2, -0.15) is 0 Å². The van der Waals surface area contributed by atoms with Crippen LogP contribution in [-0.2, 0) is 5.75 Å². The molecule has 5 heteroatoms. The quantitative estimate of drug-likeness (QED) is 0.352. The van der Waals surface area contributed by atoms with E-state index in [0.29, 0.717) is 18.7 Å². The Hall–Kier alpha value is -2.43. The highest BCUT2D eigenvalue weighted by atomic mass is 35.5. The second-order valence-corrected chi connectivity index (χ2v) is 8.30. The standard InChI is InChI=1S/C24H24ClNO2S/c1-17-3-4-18(2)23(15-17)28-14-13-26-24(27)20-7-5-19(6-8-20)16-29-22-11-9-21(25)10-12-22/h3-12,15H,13-14,16H2,1-2H3,(H,26,27). The molecule has 0 saturated carbocycles. The summed E-state index contributed by atoms with van der Waals surface area (Å²) >= 11 is 7.65. The first-order valence-corrected chi connectivity index (χ1v) is 10.8. The average molecular weight is 426 g/mol. The lowest BCUT2D eigenvalue weighted by Gasteiger charge is -2.11. The normalized spacial score (nSPS) is 10.6. The van der Waals surface area contributed by atoms with Crippen LogP contribution < -0.4 is 10.1 Å². The number of halogens is 1. The molecule has 0 atom stereocenters. The largest absolute Gasteiger partial charge is 0.491 e. The van der Waals surface area contributed by atoms with Crippen LogP contribution in [-0.4, -0.2) is 19.1 Å². The van der Waals surface area contributed by atoms with E-state index >= 15 is 0 Å². The van der Waals surface area contributed by atoms with E-state index in [2.05, 4.69) is 11.4 Å². The molecule has 3 rings (SSSR count). The van der Waals surface area contributed by atoms with E-state index in [1.54, 1.807) is 11.8 Å². The van der Waals surface area contributed by atoms with Gasteiger partial charge in [0.1, 0.15) is 12.4 Å². The number of aryl methyl sites for hydroxylation is 2. The SMILES string of the molecule is Cc1ccc(C)c(OCCNC(=O)c2ccc(CSc3ccc(Cl)cc3)cc2)c1. The van der Waals surface area contributed by atoms with E-state index < -0.39 is 0 Å². The van der Waals surface area contributed by atoms with Crippen molar-refractivity contribution in [2.24, 2.45) is 0 Å². The lowest BCUT2D eigenvalue weighted by molar-refractivity contribution is 0.0947. The number of benzene rings is 3. The molecular weight excluding hydrogens is 402 g/mol. The highest BCUT2D eigenvalue weighted by Crippen LogP contribution is 2.24. The molecule has 0 aromatic heterocycles. The van der Waals surface area contributed by atoms with E-state index in [1.165, 1.54) is 10.5 Å². The van der Waals surface area contributed by atoms with Crippen molar-refractivity contribution in [3.8, 4) is 5.75 Å². The minimum absolute atomic E-state index is 0.0912. The average Bonchev–Trinajstić information content (AvgIpc) is 2.73. The molecular formula is C24H24ClNO2S. The lowest BCUT2D eigenvalue weighted by atomic mass is 10.1. The number of ether oxygens (including phenoxy) is 1. The molecule has 0 heterocycles. The predicted octanol–water partition coefficient (Wildman–Crippen LogP) is 6.06. The van der Waals surface area contributed by atoms with Gasteiger partial charge in [0.2, 0.25) is 0 Å². The zero-order valence-corrected chi connectivity index (χ0v) is 18.1. The molecule has 1 amide bonds. The fraction of sp³-hybridized carbons (Fsp3) is 0.208. The Kier molecular flexibility index (Phi) is 7.62. The van der Waals surface area contributed by atoms with Crippen LogP contribution >= 0.6 is 23.4 Å². The van der Waals surface area contributed by atoms with Crippen molar-refractivity contribution in [2.75, 3.05) is 13.2 Å². The van der Waals surface area contributed by atoms with Crippen LogP contribution in [0.25, 0.3) is 0 Å². The van der Waals surface area contributed by atoms with Gasteiger partial charge >= 0.3 is 0 Å². The van der Waals surface area contributed by atoms with Gasteiger partial charge in [-0.25, -0.2) is 0 Å². The molecule has 0 spiro atoms. The zero-order valence-electron chi connectivity index (χ0n) is 16.6. The van der Waals surface area contributed by atoms with E-state index in [1.807, 2.05) is 74.5 Å². The molecule has 3 aromatic rings. The molecule has 0 aliphatic carbocycles. The summed E-state index contributed by atoms with van der Waals surface area (Å²) < 4.78 is 5.78. The lowest BCUT2D eigenvalue weighted by Crippen LogP contribution is -2.28. The van der Waals surface area contributed by atoms with Gasteiger partial charge in [0.25, 0.3) is 5.91 Å². The van der Waals surface area contributed by atoms with Crippen LogP contribution in [0, 0.1) is 13.8 Å². The number of nitrogens with one attached hydrogen (secondary N) is 1. The van der Waals surface area contributed by atoms with Crippen LogP contribution in [0.3, 0.4) is 0 Å². The Labute approximate surface area is 181 Å². The third kappa shape index (κ3) is 6.55. The summed E-state index contributed by atoms with van der Waals surface area (Å²) in [6.07, 6.45) is 0. The molecule has 0 aliphatic rings. The predicted molar refractivity (Wildman–Crippen MR) is 121 cm³/mol. The van der Waals surface area contributed by atoms with Crippen molar-refractivity contribution in [1.82, 2.24) is 5.32 Å². The molecule has 0 saturated heterocycles. The second kappa shape index (κ2) is 10.4. The number of rotatable bonds is 8. The zero-order chi connectivity index (χ0) is 20.6. The molecule has 3 nitrogen and oxygen atoms in total. The van der Waals surface area contributed by atoms with Gasteiger partial charge in [-0.15, -0.1) is 11.8 Å². The topological polar surface area (TPSA) is 38.3 Å². The van der Waals surface area contributed by atoms with E-state index in [0.717, 1.165) is 27.7 Å². The maximum Gasteiger partial charge on any atom is 0.251 e. The third-order valence-electron chi connectivity index (χ3n) is 4.42. The number of carbonyl (C=O) groups is 1. The van der Waals surface area contributed by atoms with Crippen LogP contribution in [0.5, 0.6) is 5.75 Å². The number of carbonyl (C=O) groups excluding carboxylic acids is 1. The molecule has 0 unspecified atom stereocenters. The number of amides is 1. The maximum absolute atomic E-state index is 12.3. The van der Waals surface area contributed by atoms with Crippen molar-refractivity contribution < 1.29 is 9.53 Å². The fourth-order valence-corrected chi connectivity index (χ4v) is 3.72. The number of thioether (sulfide) groups is 1. The van der Waals surface area contributed by atoms with Crippen molar-refractivity contribution in [3.63, 3.8) is 0 Å². The molecule has 3 aromatic carbocycles. The Bertz CT molecular complexity index is 956. The van der Waals surface area contributed by atoms with Gasteiger partial charge in [0.05, 0.1) is 6.54 Å². The first kappa shape index (κ1) is 21.3. The highest BCUT2D eigenvalue weighted by molar-refractivity contribution is 7.98. The third-order valence-corrected chi connectivity index (χ3v) is 5.76. The number of hydrogen-bond donors (Lipinski definition) is 1. The smallest absolute Gasteiger partial charge is 0.251 e. The van der Waals surface area contributed by atoms with Crippen LogP contribution in [0.15, 0.2) is 71.6 Å². The minimum Gasteiger partial charge on any atom is -0.491 e. The second-order valence-electron chi connectivity index (χ2n) is 6.81. The monoisotopic (exact) mass is 425 g/mol. The summed E-state index contributed by atoms with van der Waals surface area (Å²) in [6, 6.07) is 21.6. The van der Waals surface area contributed by atoms with Crippen LogP contribution in [0.1, 0.15) is 27.0 Å². The summed E-state index contributed by atoms with van der Waals surface area (Å²) in [5, 5.41) is 3.64. The first-order chi connectivity index (χ1) is 14.0. The van der Waals surface area contributed by atoms with Crippen molar-refractivity contribution in [1.29, 1.82) is 0 Å². The van der Waals surface area contributed by atoms with Gasteiger partial charge in [0, 0.05) is 21.2 Å². The fourth-order valence-electron chi connectivity index (χ4n) is 2.74. The highest BCUT2D eigenvalue weighted by Gasteiger charge is 2.06. The number of hydrogen-bond acceptors (Lipinski definition) is 3. The Morgan fingerprint density at radius 1 is 1.00 bits per heavy atom. The molecule has 150 valence electrons. The Balaban J connectivity index is 1.43. The molecule has 0 fully saturated rings. The van der Waals surface area contributed by atoms with Crippen LogP contribution in [0.2, 0.25) is 5.02 Å². The molecule has 0 aliphatic heterocycles. The van der Waals surface area contributed by atoms with E-state index in [-0.39, 0.29) is 5.91 Å². The van der Waals surface area contributed by atoms with Crippen molar-refractivity contribution in [2.45, 2.75) is 24.5 Å². The van der Waals surface area contributed by atoms with Gasteiger partial charge in [-0.3, -0.25) is 4.79 Å². The first-order valence-electron chi connectivity index (χ1n) is 9.47. The Morgan fingerprint density at radius 2 is 1.72 bits per heavy atom. The summed E-state index contributed by atoms with van der Waals surface area (Å²) in [7, 11) is 0. The van der Waals surface area contributed by atoms with Crippen molar-refractivity contribution >= 4 is 29.3 Å². The summed E-state index contributed by atoms with van der Waals surface area (Å²) in [4.78, 5) is 13.5. The molecule has 1 N–H and O–H groups in total. The van der Waals surface area contributed by atoms with Gasteiger partial charge in [0.15, 0.2) is 0 Å². The Morgan fingerprint density at radius 3 is 2.45 bits per heavy atom. The van der Waals surface area contributed by atoms with Gasteiger partial charge in [-0.1, -0.05) is 35.9 Å². The maximum atomic E-state index is 12.3. The van der Waals surface area contributed by atoms with Crippen LogP contribution in [0.4, 0.5) is 0 Å². The molecule has 0 radical (unpaired) electrons. The van der Waals surface area contributed by atoms with E-state index in [4.69, 9.17) is 16.3 Å². The summed E-state index contributed by atoms with van der Waals surface area (Å²) in [5.41, 5.74) is 4.06. The van der Waals surface area contributed by atoms with Gasteiger partial charge < -0.3 is 10.1 Å². The van der Waals surface area contributed by atoms with Gasteiger partial charge in [-0.05, 0) is 73.0 Å². The summed E-state index contributed by atoms with van der Waals surface area (Å²) in [6.45, 7) is 4.94. The molecule has 0 bridgehead atoms. The summed E-state index contributed by atoms with van der Waals surface area (Å²) in [5.74, 6) is 1.61. The van der Waals surface area contributed by atoms with Crippen molar-refractivity contribution in [3.05, 3.63) is 94.0 Å². The van der Waals surface area contributed by atoms with E-state index in [9.17, 15) is 4.79 Å². The minimum atomic E-state index is -0.0912.